The van der Waals surface area contributed by atoms with Crippen LogP contribution in [-0.4, -0.2) is 40.0 Å². The van der Waals surface area contributed by atoms with Gasteiger partial charge in [-0.25, -0.2) is 4.98 Å². The van der Waals surface area contributed by atoms with Crippen molar-refractivity contribution >= 4 is 34.0 Å². The monoisotopic (exact) mass is 345 g/mol. The minimum absolute atomic E-state index is 0.200. The highest BCUT2D eigenvalue weighted by Crippen LogP contribution is 2.24. The van der Waals surface area contributed by atoms with Gasteiger partial charge in [0.15, 0.2) is 5.13 Å². The Bertz CT molecular complexity index is 759. The quantitative estimate of drug-likeness (QED) is 0.889. The SMILES string of the molecule is Cc1cccc(Nc2nc(C(=O)N3CCCC(C(=O)O)C3)cs2)c1. The number of nitrogens with zero attached hydrogens (tertiary/aromatic N) is 2. The Hall–Kier alpha value is -2.41. The molecule has 0 spiro atoms. The Morgan fingerprint density at radius 1 is 1.42 bits per heavy atom. The first-order valence-electron chi connectivity index (χ1n) is 7.84. The van der Waals surface area contributed by atoms with Crippen LogP contribution in [0.5, 0.6) is 0 Å². The number of hydrogen-bond donors (Lipinski definition) is 2. The van der Waals surface area contributed by atoms with Crippen LogP contribution in [0.15, 0.2) is 29.6 Å². The number of aryl methyl sites for hydroxylation is 1. The third-order valence-corrected chi connectivity index (χ3v) is 4.81. The minimum Gasteiger partial charge on any atom is -0.481 e. The predicted molar refractivity (Wildman–Crippen MR) is 92.8 cm³/mol. The van der Waals surface area contributed by atoms with E-state index >= 15 is 0 Å². The summed E-state index contributed by atoms with van der Waals surface area (Å²) in [7, 11) is 0. The smallest absolute Gasteiger partial charge is 0.308 e. The maximum Gasteiger partial charge on any atom is 0.308 e. The molecule has 7 heteroatoms. The molecule has 0 saturated carbocycles. The second-order valence-corrected chi connectivity index (χ2v) is 6.82. The number of hydrogen-bond acceptors (Lipinski definition) is 5. The van der Waals surface area contributed by atoms with E-state index in [1.54, 1.807) is 10.3 Å². The summed E-state index contributed by atoms with van der Waals surface area (Å²) in [5, 5.41) is 14.7. The van der Waals surface area contributed by atoms with Crippen molar-refractivity contribution in [1.29, 1.82) is 0 Å². The molecule has 2 aromatic rings. The molecule has 24 heavy (non-hydrogen) atoms. The van der Waals surface area contributed by atoms with Gasteiger partial charge in [0.1, 0.15) is 5.69 Å². The Labute approximate surface area is 144 Å². The molecular formula is C17H19N3O3S. The lowest BCUT2D eigenvalue weighted by Crippen LogP contribution is -2.42. The zero-order valence-electron chi connectivity index (χ0n) is 13.4. The molecule has 0 bridgehead atoms. The van der Waals surface area contributed by atoms with E-state index in [0.29, 0.717) is 30.2 Å². The van der Waals surface area contributed by atoms with Crippen LogP contribution in [0.3, 0.4) is 0 Å². The van der Waals surface area contributed by atoms with Gasteiger partial charge in [0.05, 0.1) is 5.92 Å². The molecule has 0 radical (unpaired) electrons. The highest BCUT2D eigenvalue weighted by atomic mass is 32.1. The molecule has 1 saturated heterocycles. The molecular weight excluding hydrogens is 326 g/mol. The first kappa shape index (κ1) is 16.4. The number of carbonyl (C=O) groups is 2. The number of anilines is 2. The number of carboxylic acids is 1. The first-order valence-corrected chi connectivity index (χ1v) is 8.72. The average molecular weight is 345 g/mol. The van der Waals surface area contributed by atoms with Gasteiger partial charge in [-0.05, 0) is 37.5 Å². The molecule has 1 aromatic carbocycles. The summed E-state index contributed by atoms with van der Waals surface area (Å²) in [4.78, 5) is 29.6. The molecule has 0 aliphatic carbocycles. The molecule has 2 N–H and O–H groups in total. The van der Waals surface area contributed by atoms with Gasteiger partial charge in [-0.1, -0.05) is 12.1 Å². The molecule has 126 valence electrons. The number of benzene rings is 1. The van der Waals surface area contributed by atoms with Crippen LogP contribution < -0.4 is 5.32 Å². The highest BCUT2D eigenvalue weighted by Gasteiger charge is 2.29. The lowest BCUT2D eigenvalue weighted by molar-refractivity contribution is -0.143. The third kappa shape index (κ3) is 3.73. The number of aliphatic carboxylic acids is 1. The topological polar surface area (TPSA) is 82.5 Å². The van der Waals surface area contributed by atoms with E-state index in [4.69, 9.17) is 5.11 Å². The Kier molecular flexibility index (Phi) is 4.80. The van der Waals surface area contributed by atoms with Gasteiger partial charge in [-0.3, -0.25) is 9.59 Å². The first-order chi connectivity index (χ1) is 11.5. The van der Waals surface area contributed by atoms with Gasteiger partial charge >= 0.3 is 5.97 Å². The van der Waals surface area contributed by atoms with Crippen LogP contribution >= 0.6 is 11.3 Å². The standard InChI is InChI=1S/C17H19N3O3S/c1-11-4-2-6-13(8-11)18-17-19-14(10-24-17)15(21)20-7-3-5-12(9-20)16(22)23/h2,4,6,8,10,12H,3,5,7,9H2,1H3,(H,18,19)(H,22,23). The van der Waals surface area contributed by atoms with Gasteiger partial charge in [-0.2, -0.15) is 0 Å². The molecule has 1 fully saturated rings. The fourth-order valence-corrected chi connectivity index (χ4v) is 3.51. The van der Waals surface area contributed by atoms with E-state index < -0.39 is 11.9 Å². The van der Waals surface area contributed by atoms with Crippen molar-refractivity contribution in [3.05, 3.63) is 40.9 Å². The number of carbonyl (C=O) groups excluding carboxylic acids is 1. The van der Waals surface area contributed by atoms with Crippen LogP contribution in [-0.2, 0) is 4.79 Å². The lowest BCUT2D eigenvalue weighted by Gasteiger charge is -2.30. The van der Waals surface area contributed by atoms with Crippen LogP contribution in [0.25, 0.3) is 0 Å². The van der Waals surface area contributed by atoms with Crippen LogP contribution in [0, 0.1) is 12.8 Å². The number of amides is 1. The number of rotatable bonds is 4. The van der Waals surface area contributed by atoms with E-state index in [1.165, 1.54) is 11.3 Å². The van der Waals surface area contributed by atoms with Crippen LogP contribution in [0.1, 0.15) is 28.9 Å². The molecule has 1 aliphatic rings. The van der Waals surface area contributed by atoms with Crippen molar-refractivity contribution in [3.63, 3.8) is 0 Å². The fraction of sp³-hybridized carbons (Fsp3) is 0.353. The van der Waals surface area contributed by atoms with Crippen molar-refractivity contribution in [2.24, 2.45) is 5.92 Å². The second-order valence-electron chi connectivity index (χ2n) is 5.96. The summed E-state index contributed by atoms with van der Waals surface area (Å²) < 4.78 is 0. The van der Waals surface area contributed by atoms with Crippen molar-refractivity contribution in [3.8, 4) is 0 Å². The average Bonchev–Trinajstić information content (AvgIpc) is 3.02. The van der Waals surface area contributed by atoms with Crippen molar-refractivity contribution in [2.75, 3.05) is 18.4 Å². The van der Waals surface area contributed by atoms with Crippen molar-refractivity contribution in [2.45, 2.75) is 19.8 Å². The van der Waals surface area contributed by atoms with E-state index in [1.807, 2.05) is 31.2 Å². The van der Waals surface area contributed by atoms with E-state index in [9.17, 15) is 9.59 Å². The minimum atomic E-state index is -0.840. The number of carboxylic acid groups (broad SMARTS) is 1. The van der Waals surface area contributed by atoms with Gasteiger partial charge in [0.2, 0.25) is 0 Å². The zero-order chi connectivity index (χ0) is 17.1. The van der Waals surface area contributed by atoms with Crippen molar-refractivity contribution < 1.29 is 14.7 Å². The van der Waals surface area contributed by atoms with Gasteiger partial charge < -0.3 is 15.3 Å². The summed E-state index contributed by atoms with van der Waals surface area (Å²) in [6.45, 7) is 2.85. The highest BCUT2D eigenvalue weighted by molar-refractivity contribution is 7.14. The third-order valence-electron chi connectivity index (χ3n) is 4.05. The van der Waals surface area contributed by atoms with E-state index in [2.05, 4.69) is 10.3 Å². The summed E-state index contributed by atoms with van der Waals surface area (Å²) in [6.07, 6.45) is 1.33. The number of thiazole rings is 1. The van der Waals surface area contributed by atoms with E-state index in [0.717, 1.165) is 11.3 Å². The summed E-state index contributed by atoms with van der Waals surface area (Å²) in [6, 6.07) is 7.91. The van der Waals surface area contributed by atoms with Gasteiger partial charge in [-0.15, -0.1) is 11.3 Å². The van der Waals surface area contributed by atoms with Crippen LogP contribution in [0.2, 0.25) is 0 Å². The molecule has 1 unspecified atom stereocenters. The molecule has 1 aliphatic heterocycles. The van der Waals surface area contributed by atoms with Crippen molar-refractivity contribution in [1.82, 2.24) is 9.88 Å². The maximum atomic E-state index is 12.5. The fourth-order valence-electron chi connectivity index (χ4n) is 2.80. The largest absolute Gasteiger partial charge is 0.481 e. The summed E-state index contributed by atoms with van der Waals surface area (Å²) >= 11 is 1.36. The summed E-state index contributed by atoms with van der Waals surface area (Å²) in [5.41, 5.74) is 2.43. The Balaban J connectivity index is 1.68. The molecule has 1 atom stereocenters. The summed E-state index contributed by atoms with van der Waals surface area (Å²) in [5.74, 6) is -1.52. The lowest BCUT2D eigenvalue weighted by atomic mass is 9.98. The molecule has 6 nitrogen and oxygen atoms in total. The predicted octanol–water partition coefficient (Wildman–Crippen LogP) is 3.13. The number of likely N-dealkylation sites (tertiary alicyclic amines) is 1. The van der Waals surface area contributed by atoms with Gasteiger partial charge in [0, 0.05) is 24.2 Å². The zero-order valence-corrected chi connectivity index (χ0v) is 14.2. The van der Waals surface area contributed by atoms with Crippen LogP contribution in [0.4, 0.5) is 10.8 Å². The molecule has 1 aromatic heterocycles. The normalized spacial score (nSPS) is 17.5. The Morgan fingerprint density at radius 3 is 3.00 bits per heavy atom. The molecule has 3 rings (SSSR count). The van der Waals surface area contributed by atoms with E-state index in [-0.39, 0.29) is 12.5 Å². The molecule has 1 amide bonds. The number of aromatic nitrogens is 1. The second kappa shape index (κ2) is 7.00. The maximum absolute atomic E-state index is 12.5. The number of nitrogens with one attached hydrogen (secondary N) is 1. The Morgan fingerprint density at radius 2 is 2.25 bits per heavy atom. The number of piperidine rings is 1. The molecule has 2 heterocycles. The van der Waals surface area contributed by atoms with Gasteiger partial charge in [0.25, 0.3) is 5.91 Å².